The van der Waals surface area contributed by atoms with E-state index in [0.29, 0.717) is 11.3 Å². The van der Waals surface area contributed by atoms with Gasteiger partial charge in [-0.2, -0.15) is 4.39 Å². The summed E-state index contributed by atoms with van der Waals surface area (Å²) in [7, 11) is 2.92. The Morgan fingerprint density at radius 1 is 1.26 bits per heavy atom. The maximum absolute atomic E-state index is 14.1. The van der Waals surface area contributed by atoms with Crippen molar-refractivity contribution in [3.63, 3.8) is 0 Å². The van der Waals surface area contributed by atoms with Crippen molar-refractivity contribution in [2.24, 2.45) is 0 Å². The summed E-state index contributed by atoms with van der Waals surface area (Å²) in [5, 5.41) is 15.3. The molecule has 9 nitrogen and oxygen atoms in total. The molecule has 0 atom stereocenters. The summed E-state index contributed by atoms with van der Waals surface area (Å²) >= 11 is 0. The molecule has 0 fully saturated rings. The Morgan fingerprint density at radius 2 is 2.05 bits per heavy atom. The Labute approximate surface area is 220 Å². The maximum atomic E-state index is 14.1. The van der Waals surface area contributed by atoms with Gasteiger partial charge >= 0.3 is 5.69 Å². The summed E-state index contributed by atoms with van der Waals surface area (Å²) in [6.07, 6.45) is 5.73. The van der Waals surface area contributed by atoms with Crippen LogP contribution in [0.2, 0.25) is 0 Å². The van der Waals surface area contributed by atoms with Gasteiger partial charge in [-0.05, 0) is 18.4 Å². The number of nitro benzene ring substituents is 1. The molecule has 0 saturated carbocycles. The Balaban J connectivity index is 0.00000137. The molecule has 2 aromatic heterocycles. The van der Waals surface area contributed by atoms with E-state index in [9.17, 15) is 14.5 Å². The molecule has 0 bridgehead atoms. The standard InChI is InChI=1S/C26H22FN5O4.F2.FH/c1-35-11-5-8-17-14-28-26(29-21-13-22(32(33)34)20(27)12-23(21)36-2)30-24(17)19-15-31-10-4-7-16-6-3-9-18(19)25(16)31;1-2;/h3,6,9,12-15H,4,7,10-11H2,1-2H3,(H,28,29,30);;1H. The molecular weight excluding hydrogens is 522 g/mol. The molecule has 39 heavy (non-hydrogen) atoms. The SMILES string of the molecule is COCC#Cc1cnc(Nc2cc([N+](=O)[O-])c(F)cc2OC)nc1-c1cn2c3c(cccc13)CCC2.F.FF. The molecule has 1 aliphatic rings. The number of anilines is 2. The number of hydrogen-bond acceptors (Lipinski definition) is 7. The van der Waals surface area contributed by atoms with Crippen molar-refractivity contribution in [2.45, 2.75) is 19.4 Å². The maximum Gasteiger partial charge on any atom is 0.307 e. The van der Waals surface area contributed by atoms with Gasteiger partial charge in [-0.25, -0.2) is 9.97 Å². The van der Waals surface area contributed by atoms with Crippen LogP contribution in [0.1, 0.15) is 17.5 Å². The number of nitrogens with zero attached hydrogens (tertiary/aromatic N) is 4. The van der Waals surface area contributed by atoms with E-state index < -0.39 is 16.4 Å². The minimum atomic E-state index is -0.998. The van der Waals surface area contributed by atoms with E-state index in [4.69, 9.17) is 23.6 Å². The van der Waals surface area contributed by atoms with Gasteiger partial charge in [-0.15, -0.1) is 0 Å². The van der Waals surface area contributed by atoms with Crippen LogP contribution in [0.4, 0.5) is 35.6 Å². The zero-order valence-corrected chi connectivity index (χ0v) is 20.8. The molecule has 0 amide bonds. The number of hydrogen-bond donors (Lipinski definition) is 1. The molecule has 0 radical (unpaired) electrons. The van der Waals surface area contributed by atoms with Gasteiger partial charge in [0.25, 0.3) is 0 Å². The van der Waals surface area contributed by atoms with E-state index in [1.807, 2.05) is 6.07 Å². The fourth-order valence-electron chi connectivity index (χ4n) is 4.46. The predicted octanol–water partition coefficient (Wildman–Crippen LogP) is 5.83. The summed E-state index contributed by atoms with van der Waals surface area (Å²) in [5.41, 5.74) is 4.06. The number of aromatic nitrogens is 3. The molecule has 13 heteroatoms. The monoisotopic (exact) mass is 545 g/mol. The number of nitrogens with one attached hydrogen (secondary N) is 1. The van der Waals surface area contributed by atoms with Gasteiger partial charge in [0, 0.05) is 58.3 Å². The lowest BCUT2D eigenvalue weighted by molar-refractivity contribution is -0.387. The van der Waals surface area contributed by atoms with Crippen LogP contribution in [0.25, 0.3) is 22.2 Å². The van der Waals surface area contributed by atoms with E-state index >= 15 is 0 Å². The Hall–Kier alpha value is -4.70. The smallest absolute Gasteiger partial charge is 0.307 e. The molecule has 3 heterocycles. The van der Waals surface area contributed by atoms with E-state index in [1.165, 1.54) is 18.2 Å². The first-order chi connectivity index (χ1) is 18.5. The topological polar surface area (TPSA) is 104 Å². The first-order valence-corrected chi connectivity index (χ1v) is 11.4. The van der Waals surface area contributed by atoms with Gasteiger partial charge in [0.15, 0.2) is 0 Å². The van der Waals surface area contributed by atoms with Crippen LogP contribution in [-0.4, -0.2) is 40.3 Å². The number of ether oxygens (including phenoxy) is 2. The predicted molar refractivity (Wildman–Crippen MR) is 138 cm³/mol. The molecule has 2 aromatic carbocycles. The quantitative estimate of drug-likeness (QED) is 0.141. The van der Waals surface area contributed by atoms with Crippen molar-refractivity contribution in [2.75, 3.05) is 26.1 Å². The number of benzene rings is 2. The lowest BCUT2D eigenvalue weighted by atomic mass is 10.0. The molecular formula is C26H23F4N5O4. The summed E-state index contributed by atoms with van der Waals surface area (Å²) < 4.78 is 42.6. The molecule has 5 rings (SSSR count). The summed E-state index contributed by atoms with van der Waals surface area (Å²) in [6, 6.07) is 8.25. The number of nitro groups is 1. The van der Waals surface area contributed by atoms with Crippen molar-refractivity contribution < 1.29 is 32.6 Å². The largest absolute Gasteiger partial charge is 0.494 e. The second-order valence-corrected chi connectivity index (χ2v) is 8.23. The normalized spacial score (nSPS) is 11.4. The molecule has 204 valence electrons. The van der Waals surface area contributed by atoms with Crippen molar-refractivity contribution in [3.05, 3.63) is 69.8 Å². The highest BCUT2D eigenvalue weighted by Crippen LogP contribution is 2.37. The minimum absolute atomic E-state index is 0. The molecule has 1 aliphatic heterocycles. The van der Waals surface area contributed by atoms with Crippen LogP contribution in [0, 0.1) is 27.8 Å². The van der Waals surface area contributed by atoms with Crippen molar-refractivity contribution >= 4 is 28.2 Å². The van der Waals surface area contributed by atoms with Gasteiger partial charge in [0.05, 0.1) is 34.5 Å². The lowest BCUT2D eigenvalue weighted by Crippen LogP contribution is -2.05. The summed E-state index contributed by atoms with van der Waals surface area (Å²) in [5.74, 6) is 5.28. The number of aryl methyl sites for hydroxylation is 2. The molecule has 1 N–H and O–H groups in total. The fraction of sp³-hybridized carbons (Fsp3) is 0.231. The number of rotatable bonds is 6. The number of para-hydroxylation sites is 1. The highest BCUT2D eigenvalue weighted by molar-refractivity contribution is 5.98. The average Bonchev–Trinajstić information content (AvgIpc) is 3.31. The van der Waals surface area contributed by atoms with Crippen LogP contribution in [0.15, 0.2) is 42.7 Å². The number of methoxy groups -OCH3 is 2. The van der Waals surface area contributed by atoms with Crippen LogP contribution in [0.3, 0.4) is 0 Å². The third-order valence-electron chi connectivity index (χ3n) is 6.02. The molecule has 0 unspecified atom stereocenters. The molecule has 4 aromatic rings. The third kappa shape index (κ3) is 5.75. The van der Waals surface area contributed by atoms with Crippen LogP contribution < -0.4 is 10.1 Å². The zero-order chi connectivity index (χ0) is 27.2. The van der Waals surface area contributed by atoms with Crippen molar-refractivity contribution in [1.29, 1.82) is 0 Å². The van der Waals surface area contributed by atoms with Crippen LogP contribution in [-0.2, 0) is 17.7 Å². The highest BCUT2D eigenvalue weighted by Gasteiger charge is 2.22. The van der Waals surface area contributed by atoms with E-state index in [2.05, 4.69) is 45.0 Å². The Morgan fingerprint density at radius 3 is 2.77 bits per heavy atom. The van der Waals surface area contributed by atoms with E-state index in [0.717, 1.165) is 42.5 Å². The van der Waals surface area contributed by atoms with Gasteiger partial charge in [-0.1, -0.05) is 30.0 Å². The Kier molecular flexibility index (Phi) is 9.40. The van der Waals surface area contributed by atoms with Gasteiger partial charge in [0.2, 0.25) is 11.8 Å². The van der Waals surface area contributed by atoms with Crippen molar-refractivity contribution in [3.8, 4) is 28.8 Å². The van der Waals surface area contributed by atoms with E-state index in [-0.39, 0.29) is 28.7 Å². The first-order valence-electron chi connectivity index (χ1n) is 11.4. The average molecular weight is 545 g/mol. The molecule has 0 aliphatic carbocycles. The zero-order valence-electron chi connectivity index (χ0n) is 20.8. The second-order valence-electron chi connectivity index (χ2n) is 8.23. The lowest BCUT2D eigenvalue weighted by Gasteiger charge is -2.14. The third-order valence-corrected chi connectivity index (χ3v) is 6.02. The van der Waals surface area contributed by atoms with Gasteiger partial charge < -0.3 is 19.4 Å². The summed E-state index contributed by atoms with van der Waals surface area (Å²) in [4.78, 5) is 19.6. The van der Waals surface area contributed by atoms with Crippen LogP contribution >= 0.6 is 0 Å². The fourth-order valence-corrected chi connectivity index (χ4v) is 4.46. The molecule has 0 saturated heterocycles. The van der Waals surface area contributed by atoms with Crippen LogP contribution in [0.5, 0.6) is 5.75 Å². The minimum Gasteiger partial charge on any atom is -0.494 e. The highest BCUT2D eigenvalue weighted by atomic mass is 20.0. The summed E-state index contributed by atoms with van der Waals surface area (Å²) in [6.45, 7) is 1.16. The Bertz CT molecular complexity index is 1570. The van der Waals surface area contributed by atoms with Gasteiger partial charge in [-0.3, -0.25) is 14.8 Å². The number of halogens is 4. The second kappa shape index (κ2) is 12.7. The first kappa shape index (κ1) is 28.9. The molecule has 0 spiro atoms. The van der Waals surface area contributed by atoms with Crippen molar-refractivity contribution in [1.82, 2.24) is 14.5 Å². The van der Waals surface area contributed by atoms with E-state index in [1.54, 1.807) is 13.3 Å². The van der Waals surface area contributed by atoms with Gasteiger partial charge in [0.1, 0.15) is 12.4 Å².